The van der Waals surface area contributed by atoms with Gasteiger partial charge in [0.15, 0.2) is 0 Å². The largest absolute Gasteiger partial charge is 0.480 e. The van der Waals surface area contributed by atoms with Crippen LogP contribution in [0.5, 0.6) is 0 Å². The summed E-state index contributed by atoms with van der Waals surface area (Å²) in [5, 5.41) is 12.0. The first-order valence-electron chi connectivity index (χ1n) is 8.07. The molecule has 2 rings (SSSR count). The zero-order valence-electron chi connectivity index (χ0n) is 14.1. The zero-order chi connectivity index (χ0) is 17.5. The minimum Gasteiger partial charge on any atom is -0.480 e. The molecule has 0 bridgehead atoms. The van der Waals surface area contributed by atoms with Crippen LogP contribution in [0.2, 0.25) is 0 Å². The molecule has 0 aliphatic rings. The summed E-state index contributed by atoms with van der Waals surface area (Å²) >= 11 is 0. The van der Waals surface area contributed by atoms with Gasteiger partial charge in [-0.25, -0.2) is 4.79 Å². The van der Waals surface area contributed by atoms with Crippen LogP contribution in [0.15, 0.2) is 48.5 Å². The molecule has 0 unspecified atom stereocenters. The Kier molecular flexibility index (Phi) is 6.13. The Hall–Kier alpha value is -2.62. The Labute approximate surface area is 142 Å². The van der Waals surface area contributed by atoms with E-state index in [0.717, 1.165) is 22.3 Å². The van der Waals surface area contributed by atoms with Crippen LogP contribution in [-0.4, -0.2) is 23.0 Å². The first kappa shape index (κ1) is 17.7. The minimum absolute atomic E-state index is 0.238. The van der Waals surface area contributed by atoms with Crippen molar-refractivity contribution in [2.45, 2.75) is 39.2 Å². The van der Waals surface area contributed by atoms with Gasteiger partial charge in [0.2, 0.25) is 5.91 Å². The van der Waals surface area contributed by atoms with Crippen LogP contribution in [0.4, 0.5) is 0 Å². The van der Waals surface area contributed by atoms with E-state index in [0.29, 0.717) is 6.42 Å². The minimum atomic E-state index is -1.02. The highest BCUT2D eigenvalue weighted by molar-refractivity contribution is 5.83. The second-order valence-corrected chi connectivity index (χ2v) is 6.14. The van der Waals surface area contributed by atoms with E-state index in [1.54, 1.807) is 0 Å². The molecule has 4 heteroatoms. The summed E-state index contributed by atoms with van der Waals surface area (Å²) in [7, 11) is 0. The van der Waals surface area contributed by atoms with E-state index in [1.165, 1.54) is 0 Å². The van der Waals surface area contributed by atoms with Crippen LogP contribution < -0.4 is 5.32 Å². The van der Waals surface area contributed by atoms with Crippen molar-refractivity contribution in [1.82, 2.24) is 5.32 Å². The molecule has 1 atom stereocenters. The van der Waals surface area contributed by atoms with Gasteiger partial charge in [-0.1, -0.05) is 59.7 Å². The van der Waals surface area contributed by atoms with Gasteiger partial charge in [0.25, 0.3) is 0 Å². The van der Waals surface area contributed by atoms with Crippen molar-refractivity contribution >= 4 is 11.9 Å². The number of carboxylic acid groups (broad SMARTS) is 1. The van der Waals surface area contributed by atoms with Gasteiger partial charge in [-0.05, 0) is 31.4 Å². The predicted molar refractivity (Wildman–Crippen MR) is 93.9 cm³/mol. The number of carbonyl (C=O) groups is 2. The third-order valence-electron chi connectivity index (χ3n) is 3.84. The van der Waals surface area contributed by atoms with Gasteiger partial charge in [-0.15, -0.1) is 0 Å². The molecule has 2 aromatic carbocycles. The fourth-order valence-electron chi connectivity index (χ4n) is 2.79. The van der Waals surface area contributed by atoms with Crippen molar-refractivity contribution in [2.24, 2.45) is 0 Å². The van der Waals surface area contributed by atoms with E-state index in [4.69, 9.17) is 0 Å². The third kappa shape index (κ3) is 5.54. The van der Waals surface area contributed by atoms with Gasteiger partial charge in [-0.3, -0.25) is 4.79 Å². The normalized spacial score (nSPS) is 11.8. The molecular weight excluding hydrogens is 302 g/mol. The van der Waals surface area contributed by atoms with Crippen LogP contribution in [0.3, 0.4) is 0 Å². The lowest BCUT2D eigenvalue weighted by Gasteiger charge is -2.15. The predicted octanol–water partition coefficient (Wildman–Crippen LogP) is 3.05. The Bertz CT molecular complexity index is 690. The van der Waals surface area contributed by atoms with Crippen LogP contribution >= 0.6 is 0 Å². The molecule has 0 aliphatic heterocycles. The number of aryl methyl sites for hydroxylation is 3. The molecule has 126 valence electrons. The Balaban J connectivity index is 1.92. The highest BCUT2D eigenvalue weighted by Crippen LogP contribution is 2.11. The van der Waals surface area contributed by atoms with Gasteiger partial charge >= 0.3 is 5.97 Å². The summed E-state index contributed by atoms with van der Waals surface area (Å²) < 4.78 is 0. The van der Waals surface area contributed by atoms with Crippen LogP contribution in [0.25, 0.3) is 0 Å². The molecule has 0 aliphatic carbocycles. The standard InChI is InChI=1S/C20H23NO3/c1-14-10-15(2)12-17(11-14)8-9-19(22)21-18(20(23)24)13-16-6-4-3-5-7-16/h3-7,10-12,18H,8-9,13H2,1-2H3,(H,21,22)(H,23,24)/t18-/m0/s1. The number of hydrogen-bond acceptors (Lipinski definition) is 2. The molecule has 0 fully saturated rings. The number of aliphatic carboxylic acids is 1. The number of amides is 1. The van der Waals surface area contributed by atoms with E-state index in [1.807, 2.05) is 44.2 Å². The molecule has 2 aromatic rings. The maximum absolute atomic E-state index is 12.1. The zero-order valence-corrected chi connectivity index (χ0v) is 14.1. The van der Waals surface area contributed by atoms with E-state index < -0.39 is 12.0 Å². The molecule has 0 saturated heterocycles. The third-order valence-corrected chi connectivity index (χ3v) is 3.84. The van der Waals surface area contributed by atoms with E-state index in [9.17, 15) is 14.7 Å². The molecule has 4 nitrogen and oxygen atoms in total. The molecule has 1 amide bonds. The fourth-order valence-corrected chi connectivity index (χ4v) is 2.79. The smallest absolute Gasteiger partial charge is 0.326 e. The number of carboxylic acids is 1. The average molecular weight is 325 g/mol. The second-order valence-electron chi connectivity index (χ2n) is 6.14. The topological polar surface area (TPSA) is 66.4 Å². The lowest BCUT2D eigenvalue weighted by Crippen LogP contribution is -2.42. The maximum atomic E-state index is 12.1. The van der Waals surface area contributed by atoms with E-state index >= 15 is 0 Å². The lowest BCUT2D eigenvalue weighted by atomic mass is 10.0. The van der Waals surface area contributed by atoms with Crippen molar-refractivity contribution < 1.29 is 14.7 Å². The summed E-state index contributed by atoms with van der Waals surface area (Å²) in [6.07, 6.45) is 1.17. The fraction of sp³-hybridized carbons (Fsp3) is 0.300. The monoisotopic (exact) mass is 325 g/mol. The molecule has 0 spiro atoms. The van der Waals surface area contributed by atoms with Gasteiger partial charge in [-0.2, -0.15) is 0 Å². The molecule has 0 radical (unpaired) electrons. The van der Waals surface area contributed by atoms with Gasteiger partial charge in [0.1, 0.15) is 6.04 Å². The number of nitrogens with one attached hydrogen (secondary N) is 1. The van der Waals surface area contributed by atoms with E-state index in [2.05, 4.69) is 23.5 Å². The van der Waals surface area contributed by atoms with Gasteiger partial charge in [0, 0.05) is 12.8 Å². The number of rotatable bonds is 7. The highest BCUT2D eigenvalue weighted by atomic mass is 16.4. The lowest BCUT2D eigenvalue weighted by molar-refractivity contribution is -0.141. The number of benzene rings is 2. The molecule has 0 heterocycles. The summed E-state index contributed by atoms with van der Waals surface area (Å²) in [6, 6.07) is 14.6. The first-order valence-corrected chi connectivity index (χ1v) is 8.07. The van der Waals surface area contributed by atoms with Crippen molar-refractivity contribution in [3.63, 3.8) is 0 Å². The van der Waals surface area contributed by atoms with Gasteiger partial charge in [0.05, 0.1) is 0 Å². The Morgan fingerprint density at radius 1 is 1.00 bits per heavy atom. The Morgan fingerprint density at radius 3 is 2.21 bits per heavy atom. The molecule has 0 aromatic heterocycles. The summed E-state index contributed by atoms with van der Waals surface area (Å²) in [6.45, 7) is 4.05. The van der Waals surface area contributed by atoms with Crippen molar-refractivity contribution in [3.05, 3.63) is 70.8 Å². The quantitative estimate of drug-likeness (QED) is 0.822. The van der Waals surface area contributed by atoms with Crippen molar-refractivity contribution in [3.8, 4) is 0 Å². The molecule has 0 saturated carbocycles. The SMILES string of the molecule is Cc1cc(C)cc(CCC(=O)N[C@@H](Cc2ccccc2)C(=O)O)c1. The number of hydrogen-bond donors (Lipinski definition) is 2. The first-order chi connectivity index (χ1) is 11.4. The highest BCUT2D eigenvalue weighted by Gasteiger charge is 2.20. The van der Waals surface area contributed by atoms with E-state index in [-0.39, 0.29) is 18.7 Å². The Morgan fingerprint density at radius 2 is 1.62 bits per heavy atom. The van der Waals surface area contributed by atoms with Crippen LogP contribution in [0, 0.1) is 13.8 Å². The summed E-state index contributed by atoms with van der Waals surface area (Å²) in [4.78, 5) is 23.5. The summed E-state index contributed by atoms with van der Waals surface area (Å²) in [5.74, 6) is -1.25. The molecule has 24 heavy (non-hydrogen) atoms. The number of carbonyl (C=O) groups excluding carboxylic acids is 1. The van der Waals surface area contributed by atoms with Crippen molar-refractivity contribution in [2.75, 3.05) is 0 Å². The maximum Gasteiger partial charge on any atom is 0.326 e. The van der Waals surface area contributed by atoms with Crippen LogP contribution in [-0.2, 0) is 22.4 Å². The van der Waals surface area contributed by atoms with Gasteiger partial charge < -0.3 is 10.4 Å². The van der Waals surface area contributed by atoms with Crippen molar-refractivity contribution in [1.29, 1.82) is 0 Å². The average Bonchev–Trinajstić information content (AvgIpc) is 2.52. The summed E-state index contributed by atoms with van der Waals surface area (Å²) in [5.41, 5.74) is 4.31. The molecule has 2 N–H and O–H groups in total. The molecular formula is C20H23NO3. The van der Waals surface area contributed by atoms with Crippen LogP contribution in [0.1, 0.15) is 28.7 Å². The second kappa shape index (κ2) is 8.29.